The fourth-order valence-corrected chi connectivity index (χ4v) is 2.05. The Balaban J connectivity index is 2.01. The fraction of sp³-hybridized carbons (Fsp3) is 0.357. The zero-order chi connectivity index (χ0) is 15.2. The molecule has 2 aromatic rings. The van der Waals surface area contributed by atoms with Gasteiger partial charge in [0, 0.05) is 42.7 Å². The predicted molar refractivity (Wildman–Crippen MR) is 78.2 cm³/mol. The van der Waals surface area contributed by atoms with Gasteiger partial charge in [0.1, 0.15) is 5.75 Å². The summed E-state index contributed by atoms with van der Waals surface area (Å²) >= 11 is 0. The van der Waals surface area contributed by atoms with Crippen LogP contribution in [0.1, 0.15) is 12.5 Å². The van der Waals surface area contributed by atoms with Gasteiger partial charge in [-0.25, -0.2) is 0 Å². The number of rotatable bonds is 7. The fourth-order valence-electron chi connectivity index (χ4n) is 2.05. The van der Waals surface area contributed by atoms with Gasteiger partial charge in [0.2, 0.25) is 0 Å². The van der Waals surface area contributed by atoms with Crippen LogP contribution in [-0.4, -0.2) is 27.9 Å². The van der Waals surface area contributed by atoms with Crippen molar-refractivity contribution in [2.45, 2.75) is 26.1 Å². The van der Waals surface area contributed by atoms with Gasteiger partial charge in [0.25, 0.3) is 5.69 Å². The summed E-state index contributed by atoms with van der Waals surface area (Å²) in [4.78, 5) is 10.4. The van der Waals surface area contributed by atoms with E-state index in [-0.39, 0.29) is 11.7 Å². The Hall–Kier alpha value is -2.41. The second kappa shape index (κ2) is 6.85. The van der Waals surface area contributed by atoms with Crippen molar-refractivity contribution in [3.8, 4) is 5.75 Å². The van der Waals surface area contributed by atoms with Gasteiger partial charge in [-0.3, -0.25) is 14.8 Å². The van der Waals surface area contributed by atoms with Gasteiger partial charge in [-0.05, 0) is 19.1 Å². The van der Waals surface area contributed by atoms with E-state index in [0.717, 1.165) is 12.1 Å². The summed E-state index contributed by atoms with van der Waals surface area (Å²) in [6.45, 7) is 3.25. The summed E-state index contributed by atoms with van der Waals surface area (Å²) in [5.74, 6) is 0.638. The van der Waals surface area contributed by atoms with E-state index in [9.17, 15) is 10.1 Å². The molecule has 1 heterocycles. The summed E-state index contributed by atoms with van der Waals surface area (Å²) in [6.07, 6.45) is 3.63. The van der Waals surface area contributed by atoms with Crippen LogP contribution in [0.25, 0.3) is 0 Å². The van der Waals surface area contributed by atoms with Crippen LogP contribution >= 0.6 is 0 Å². The molecule has 0 aliphatic rings. The molecule has 0 aliphatic carbocycles. The molecule has 0 amide bonds. The first-order valence-corrected chi connectivity index (χ1v) is 6.62. The highest BCUT2D eigenvalue weighted by Gasteiger charge is 2.12. The lowest BCUT2D eigenvalue weighted by Gasteiger charge is -2.15. The van der Waals surface area contributed by atoms with Crippen LogP contribution in [-0.2, 0) is 13.1 Å². The molecule has 0 fully saturated rings. The first-order valence-electron chi connectivity index (χ1n) is 6.62. The first-order chi connectivity index (χ1) is 10.1. The van der Waals surface area contributed by atoms with E-state index in [4.69, 9.17) is 4.74 Å². The van der Waals surface area contributed by atoms with Crippen molar-refractivity contribution < 1.29 is 9.66 Å². The lowest BCUT2D eigenvalue weighted by molar-refractivity contribution is -0.384. The number of nitro benzene ring substituents is 1. The normalized spacial score (nSPS) is 12.1. The standard InChI is InChI=1S/C14H18N4O3/c1-11(10-17-7-3-6-16-17)15-9-12-8-13(18(19)20)4-5-14(12)21-2/h3-8,11,15H,9-10H2,1-2H3. The maximum absolute atomic E-state index is 10.8. The topological polar surface area (TPSA) is 82.2 Å². The second-order valence-corrected chi connectivity index (χ2v) is 4.76. The average molecular weight is 290 g/mol. The van der Waals surface area contributed by atoms with E-state index in [0.29, 0.717) is 12.3 Å². The third-order valence-corrected chi connectivity index (χ3v) is 3.14. The summed E-state index contributed by atoms with van der Waals surface area (Å²) in [5, 5.41) is 18.3. The van der Waals surface area contributed by atoms with Gasteiger partial charge in [0.05, 0.1) is 18.6 Å². The summed E-state index contributed by atoms with van der Waals surface area (Å²) in [6, 6.07) is 6.64. The molecular formula is C14H18N4O3. The minimum absolute atomic E-state index is 0.0623. The molecule has 0 saturated heterocycles. The number of methoxy groups -OCH3 is 1. The van der Waals surface area contributed by atoms with E-state index in [1.54, 1.807) is 19.4 Å². The van der Waals surface area contributed by atoms with E-state index >= 15 is 0 Å². The molecule has 1 aromatic heterocycles. The third kappa shape index (κ3) is 4.03. The zero-order valence-corrected chi connectivity index (χ0v) is 12.0. The van der Waals surface area contributed by atoms with Crippen LogP contribution in [0.4, 0.5) is 5.69 Å². The van der Waals surface area contributed by atoms with Crippen molar-refractivity contribution in [1.82, 2.24) is 15.1 Å². The number of benzene rings is 1. The summed E-state index contributed by atoms with van der Waals surface area (Å²) in [5.41, 5.74) is 0.825. The Labute approximate surface area is 122 Å². The van der Waals surface area contributed by atoms with Gasteiger partial charge in [-0.2, -0.15) is 5.10 Å². The van der Waals surface area contributed by atoms with E-state index in [1.807, 2.05) is 23.9 Å². The van der Waals surface area contributed by atoms with Gasteiger partial charge >= 0.3 is 0 Å². The number of hydrogen-bond acceptors (Lipinski definition) is 5. The molecule has 1 aromatic carbocycles. The van der Waals surface area contributed by atoms with Crippen molar-refractivity contribution in [3.63, 3.8) is 0 Å². The highest BCUT2D eigenvalue weighted by Crippen LogP contribution is 2.23. The molecule has 7 nitrogen and oxygen atoms in total. The van der Waals surface area contributed by atoms with E-state index < -0.39 is 4.92 Å². The van der Waals surface area contributed by atoms with Crippen LogP contribution in [0.5, 0.6) is 5.75 Å². The van der Waals surface area contributed by atoms with Gasteiger partial charge < -0.3 is 10.1 Å². The summed E-state index contributed by atoms with van der Waals surface area (Å²) in [7, 11) is 1.55. The number of nitro groups is 1. The van der Waals surface area contributed by atoms with Crippen LogP contribution in [0.3, 0.4) is 0 Å². The Bertz CT molecular complexity index is 598. The molecule has 0 bridgehead atoms. The van der Waals surface area contributed by atoms with Crippen LogP contribution < -0.4 is 10.1 Å². The predicted octanol–water partition coefficient (Wildman–Crippen LogP) is 1.98. The monoisotopic (exact) mass is 290 g/mol. The van der Waals surface area contributed by atoms with E-state index in [1.165, 1.54) is 12.1 Å². The SMILES string of the molecule is COc1ccc([N+](=O)[O-])cc1CNC(C)Cn1cccn1. The van der Waals surface area contributed by atoms with Crippen molar-refractivity contribution in [1.29, 1.82) is 0 Å². The average Bonchev–Trinajstić information content (AvgIpc) is 2.97. The minimum Gasteiger partial charge on any atom is -0.496 e. The molecule has 7 heteroatoms. The number of nitrogens with zero attached hydrogens (tertiary/aromatic N) is 3. The quantitative estimate of drug-likeness (QED) is 0.623. The molecular weight excluding hydrogens is 272 g/mol. The van der Waals surface area contributed by atoms with Gasteiger partial charge in [-0.15, -0.1) is 0 Å². The third-order valence-electron chi connectivity index (χ3n) is 3.14. The highest BCUT2D eigenvalue weighted by atomic mass is 16.6. The number of nitrogens with one attached hydrogen (secondary N) is 1. The molecule has 0 aliphatic heterocycles. The molecule has 0 radical (unpaired) electrons. The minimum atomic E-state index is -0.407. The number of hydrogen-bond donors (Lipinski definition) is 1. The molecule has 0 saturated carbocycles. The van der Waals surface area contributed by atoms with Gasteiger partial charge in [0.15, 0.2) is 0 Å². The number of ether oxygens (including phenoxy) is 1. The Morgan fingerprint density at radius 3 is 2.95 bits per heavy atom. The van der Waals surface area contributed by atoms with Crippen LogP contribution in [0, 0.1) is 10.1 Å². The molecule has 1 atom stereocenters. The van der Waals surface area contributed by atoms with E-state index in [2.05, 4.69) is 10.4 Å². The van der Waals surface area contributed by atoms with Crippen LogP contribution in [0.15, 0.2) is 36.7 Å². The first kappa shape index (κ1) is 15.0. The number of non-ortho nitro benzene ring substituents is 1. The van der Waals surface area contributed by atoms with Crippen molar-refractivity contribution >= 4 is 5.69 Å². The van der Waals surface area contributed by atoms with Crippen molar-refractivity contribution in [2.24, 2.45) is 0 Å². The largest absolute Gasteiger partial charge is 0.496 e. The molecule has 1 unspecified atom stereocenters. The molecule has 2 rings (SSSR count). The number of aromatic nitrogens is 2. The van der Waals surface area contributed by atoms with Crippen molar-refractivity contribution in [2.75, 3.05) is 7.11 Å². The molecule has 112 valence electrons. The van der Waals surface area contributed by atoms with Crippen molar-refractivity contribution in [3.05, 3.63) is 52.3 Å². The maximum atomic E-state index is 10.8. The maximum Gasteiger partial charge on any atom is 0.270 e. The van der Waals surface area contributed by atoms with Crippen LogP contribution in [0.2, 0.25) is 0 Å². The second-order valence-electron chi connectivity index (χ2n) is 4.76. The summed E-state index contributed by atoms with van der Waals surface area (Å²) < 4.78 is 7.07. The highest BCUT2D eigenvalue weighted by molar-refractivity contribution is 5.43. The smallest absolute Gasteiger partial charge is 0.270 e. The zero-order valence-electron chi connectivity index (χ0n) is 12.0. The molecule has 21 heavy (non-hydrogen) atoms. The Morgan fingerprint density at radius 2 is 2.33 bits per heavy atom. The lowest BCUT2D eigenvalue weighted by Crippen LogP contribution is -2.30. The molecule has 1 N–H and O–H groups in total. The molecule has 0 spiro atoms. The Morgan fingerprint density at radius 1 is 1.52 bits per heavy atom. The lowest BCUT2D eigenvalue weighted by atomic mass is 10.1. The van der Waals surface area contributed by atoms with Gasteiger partial charge in [-0.1, -0.05) is 0 Å². The Kier molecular flexibility index (Phi) is 4.89.